The highest BCUT2D eigenvalue weighted by atomic mass is 32.1. The topological polar surface area (TPSA) is 88.5 Å². The van der Waals surface area contributed by atoms with Crippen molar-refractivity contribution in [2.24, 2.45) is 0 Å². The maximum atomic E-state index is 14.7. The lowest BCUT2D eigenvalue weighted by Gasteiger charge is -2.13. The van der Waals surface area contributed by atoms with E-state index in [1.54, 1.807) is 5.32 Å². The Morgan fingerprint density at radius 1 is 1.17 bits per heavy atom. The minimum Gasteiger partial charge on any atom is -0.497 e. The molecule has 2 N–H and O–H groups in total. The van der Waals surface area contributed by atoms with Crippen LogP contribution in [0.15, 0.2) is 29.6 Å². The summed E-state index contributed by atoms with van der Waals surface area (Å²) in [5, 5.41) is 11.6. The lowest BCUT2D eigenvalue weighted by Crippen LogP contribution is -2.18. The second kappa shape index (κ2) is 7.87. The molecule has 0 saturated heterocycles. The predicted octanol–water partition coefficient (Wildman–Crippen LogP) is 4.33. The van der Waals surface area contributed by atoms with Gasteiger partial charge in [0.15, 0.2) is 29.0 Å². The van der Waals surface area contributed by atoms with Crippen LogP contribution in [-0.4, -0.2) is 28.4 Å². The van der Waals surface area contributed by atoms with E-state index in [4.69, 9.17) is 9.22 Å². The molecule has 1 amide bonds. The second-order valence-corrected chi connectivity index (χ2v) is 6.10. The second-order valence-electron chi connectivity index (χ2n) is 5.47. The largest absolute Gasteiger partial charge is 0.497 e. The van der Waals surface area contributed by atoms with E-state index in [0.29, 0.717) is 11.5 Å². The Morgan fingerprint density at radius 2 is 1.86 bits per heavy atom. The lowest BCUT2D eigenvalue weighted by molar-refractivity contribution is 0.0687. The number of carboxylic acids is 1. The molecule has 150 valence electrons. The molecule has 0 aliphatic rings. The molecule has 6 nitrogen and oxygen atoms in total. The van der Waals surface area contributed by atoms with Crippen LogP contribution >= 0.6 is 11.5 Å². The number of ether oxygens (including phenoxy) is 1. The van der Waals surface area contributed by atoms with Crippen LogP contribution in [0.25, 0.3) is 11.1 Å². The molecule has 0 radical (unpaired) electrons. The molecule has 0 saturated carbocycles. The van der Waals surface area contributed by atoms with Crippen molar-refractivity contribution in [1.29, 1.82) is 0 Å². The van der Waals surface area contributed by atoms with E-state index >= 15 is 0 Å². The Balaban J connectivity index is 2.04. The van der Waals surface area contributed by atoms with Crippen molar-refractivity contribution in [3.05, 3.63) is 64.2 Å². The number of carbonyl (C=O) groups is 2. The minimum atomic E-state index is -2.88. The number of aromatic carboxylic acids is 1. The molecular formula is C18H10F4N2O4S. The highest BCUT2D eigenvalue weighted by Crippen LogP contribution is 2.36. The Morgan fingerprint density at radius 3 is 2.48 bits per heavy atom. The van der Waals surface area contributed by atoms with Crippen LogP contribution in [-0.2, 0) is 0 Å². The Labute approximate surface area is 168 Å². The van der Waals surface area contributed by atoms with Crippen molar-refractivity contribution in [2.75, 3.05) is 12.4 Å². The summed E-state index contributed by atoms with van der Waals surface area (Å²) in [6, 6.07) is 4.22. The van der Waals surface area contributed by atoms with E-state index in [9.17, 15) is 27.2 Å². The van der Waals surface area contributed by atoms with Gasteiger partial charge in [0.05, 0.1) is 22.3 Å². The van der Waals surface area contributed by atoms with E-state index < -0.39 is 70.3 Å². The summed E-state index contributed by atoms with van der Waals surface area (Å²) < 4.78 is 87.7. The zero-order chi connectivity index (χ0) is 23.8. The first-order valence-electron chi connectivity index (χ1n) is 9.05. The normalized spacial score (nSPS) is 12.6. The molecule has 0 bridgehead atoms. The van der Waals surface area contributed by atoms with Gasteiger partial charge >= 0.3 is 5.97 Å². The average Bonchev–Trinajstić information content (AvgIpc) is 3.19. The van der Waals surface area contributed by atoms with Gasteiger partial charge in [-0.15, -0.1) is 0 Å². The molecule has 1 heterocycles. The fraction of sp³-hybridized carbons (Fsp3) is 0.0556. The van der Waals surface area contributed by atoms with Crippen LogP contribution < -0.4 is 10.1 Å². The number of nitrogens with one attached hydrogen (secondary N) is 1. The van der Waals surface area contributed by atoms with Crippen molar-refractivity contribution < 1.29 is 41.1 Å². The van der Waals surface area contributed by atoms with Gasteiger partial charge in [-0.1, -0.05) is 12.1 Å². The first kappa shape index (κ1) is 16.5. The van der Waals surface area contributed by atoms with Crippen molar-refractivity contribution in [1.82, 2.24) is 4.37 Å². The third-order valence-corrected chi connectivity index (χ3v) is 4.39. The third kappa shape index (κ3) is 3.63. The van der Waals surface area contributed by atoms with Crippen molar-refractivity contribution in [2.45, 2.75) is 0 Å². The first-order chi connectivity index (χ1) is 14.9. The van der Waals surface area contributed by atoms with Gasteiger partial charge in [-0.05, 0) is 29.2 Å². The van der Waals surface area contributed by atoms with Gasteiger partial charge in [-0.2, -0.15) is 4.37 Å². The number of aromatic nitrogens is 1. The van der Waals surface area contributed by atoms with Crippen molar-refractivity contribution in [3.63, 3.8) is 0 Å². The molecule has 3 rings (SSSR count). The smallest absolute Gasteiger partial charge is 0.356 e. The van der Waals surface area contributed by atoms with Gasteiger partial charge in [0, 0.05) is 5.38 Å². The number of carboxylic acid groups (broad SMARTS) is 1. The number of rotatable bonds is 5. The maximum absolute atomic E-state index is 14.7. The molecule has 1 aromatic heterocycles. The molecule has 0 fully saturated rings. The molecule has 0 aliphatic carbocycles. The summed E-state index contributed by atoms with van der Waals surface area (Å²) in [7, 11) is -2.88. The first-order valence-corrected chi connectivity index (χ1v) is 8.38. The SMILES string of the molecule is [2H]C([2H])([2H])Oc1cccc(-c2c(F)c(F)c(NC(=O)c3csnc3C(=O)O)c(F)c2F)c1. The Hall–Kier alpha value is -3.47. The molecule has 2 aromatic carbocycles. The molecule has 0 unspecified atom stereocenters. The van der Waals surface area contributed by atoms with E-state index in [1.807, 2.05) is 0 Å². The van der Waals surface area contributed by atoms with E-state index in [-0.39, 0.29) is 5.75 Å². The molecular weight excluding hydrogens is 416 g/mol. The number of benzene rings is 2. The van der Waals surface area contributed by atoms with E-state index in [2.05, 4.69) is 9.11 Å². The zero-order valence-electron chi connectivity index (χ0n) is 16.9. The summed E-state index contributed by atoms with van der Waals surface area (Å²) >= 11 is 0.574. The van der Waals surface area contributed by atoms with Gasteiger partial charge in [-0.3, -0.25) is 4.79 Å². The molecule has 29 heavy (non-hydrogen) atoms. The fourth-order valence-corrected chi connectivity index (χ4v) is 3.10. The number of amides is 1. The summed E-state index contributed by atoms with van der Waals surface area (Å²) in [4.78, 5) is 23.3. The standard InChI is InChI=1S/C18H10F4N2O4S/c1-28-8-4-2-3-7(5-8)10-11(19)13(21)16(14(22)12(10)20)23-17(25)9-6-29-24-15(9)18(26)27/h2-6H,1H3,(H,23,25)(H,26,27)/i1D3. The van der Waals surface area contributed by atoms with E-state index in [1.165, 1.54) is 0 Å². The van der Waals surface area contributed by atoms with Crippen LogP contribution in [0.1, 0.15) is 25.0 Å². The number of hydrogen-bond donors (Lipinski definition) is 2. The molecule has 11 heteroatoms. The Kier molecular flexibility index (Phi) is 4.48. The highest BCUT2D eigenvalue weighted by molar-refractivity contribution is 7.04. The summed E-state index contributed by atoms with van der Waals surface area (Å²) in [5.41, 5.74) is -4.37. The van der Waals surface area contributed by atoms with Gasteiger partial charge in [-0.25, -0.2) is 22.4 Å². The van der Waals surface area contributed by atoms with Crippen molar-refractivity contribution >= 4 is 29.1 Å². The molecule has 0 aliphatic heterocycles. The Bertz CT molecular complexity index is 1200. The molecule has 0 atom stereocenters. The van der Waals surface area contributed by atoms with Gasteiger partial charge < -0.3 is 15.2 Å². The summed E-state index contributed by atoms with van der Waals surface area (Å²) in [5.74, 6) is -11.0. The van der Waals surface area contributed by atoms with Gasteiger partial charge in [0.25, 0.3) is 5.91 Å². The minimum absolute atomic E-state index is 0.342. The maximum Gasteiger partial charge on any atom is 0.356 e. The van der Waals surface area contributed by atoms with Crippen molar-refractivity contribution in [3.8, 4) is 16.9 Å². The number of anilines is 1. The number of methoxy groups -OCH3 is 1. The lowest BCUT2D eigenvalue weighted by atomic mass is 10.0. The van der Waals surface area contributed by atoms with Crippen LogP contribution in [0.5, 0.6) is 5.75 Å². The number of halogens is 4. The highest BCUT2D eigenvalue weighted by Gasteiger charge is 2.29. The average molecular weight is 429 g/mol. The van der Waals surface area contributed by atoms with Crippen LogP contribution in [0.2, 0.25) is 0 Å². The fourth-order valence-electron chi connectivity index (χ4n) is 2.44. The van der Waals surface area contributed by atoms with Gasteiger partial charge in [0.2, 0.25) is 0 Å². The van der Waals surface area contributed by atoms with Crippen LogP contribution in [0, 0.1) is 23.3 Å². The molecule has 3 aromatic rings. The molecule has 0 spiro atoms. The quantitative estimate of drug-likeness (QED) is 0.466. The zero-order valence-corrected chi connectivity index (χ0v) is 14.7. The van der Waals surface area contributed by atoms with Crippen LogP contribution in [0.4, 0.5) is 23.2 Å². The van der Waals surface area contributed by atoms with E-state index in [0.717, 1.165) is 29.6 Å². The predicted molar refractivity (Wildman–Crippen MR) is 95.3 cm³/mol. The third-order valence-electron chi connectivity index (χ3n) is 3.76. The van der Waals surface area contributed by atoms with Gasteiger partial charge in [0.1, 0.15) is 11.4 Å². The monoisotopic (exact) mass is 429 g/mol. The number of nitrogens with zero attached hydrogens (tertiary/aromatic N) is 1. The summed E-state index contributed by atoms with van der Waals surface area (Å²) in [6.07, 6.45) is 0. The summed E-state index contributed by atoms with van der Waals surface area (Å²) in [6.45, 7) is 0. The van der Waals surface area contributed by atoms with Crippen LogP contribution in [0.3, 0.4) is 0 Å². The number of carbonyl (C=O) groups excluding carboxylic acids is 1. The number of hydrogen-bond acceptors (Lipinski definition) is 5.